The molecule has 2 N–H and O–H groups in total. The predicted octanol–water partition coefficient (Wildman–Crippen LogP) is 3.52. The third-order valence-corrected chi connectivity index (χ3v) is 4.78. The molecule has 1 amide bonds. The molecule has 0 bridgehead atoms. The molecule has 1 aliphatic heterocycles. The van der Waals surface area contributed by atoms with E-state index >= 15 is 0 Å². The Bertz CT molecular complexity index is 515. The summed E-state index contributed by atoms with van der Waals surface area (Å²) < 4.78 is 0. The van der Waals surface area contributed by atoms with E-state index in [1.54, 1.807) is 0 Å². The summed E-state index contributed by atoms with van der Waals surface area (Å²) in [6.45, 7) is 10.3. The van der Waals surface area contributed by atoms with Crippen LogP contribution in [0.5, 0.6) is 0 Å². The molecule has 2 atom stereocenters. The van der Waals surface area contributed by atoms with Gasteiger partial charge < -0.3 is 15.5 Å². The van der Waals surface area contributed by atoms with Crippen LogP contribution in [-0.4, -0.2) is 36.0 Å². The Hall–Kier alpha value is -1.71. The number of nitrogen functional groups attached to an aromatic ring is 1. The molecule has 2 rings (SSSR count). The van der Waals surface area contributed by atoms with Crippen molar-refractivity contribution in [2.24, 2.45) is 0 Å². The average Bonchev–Trinajstić information content (AvgIpc) is 2.49. The smallest absolute Gasteiger partial charge is 0.256 e. The highest BCUT2D eigenvalue weighted by molar-refractivity contribution is 6.01. The fourth-order valence-electron chi connectivity index (χ4n) is 3.53. The van der Waals surface area contributed by atoms with Crippen molar-refractivity contribution < 1.29 is 4.79 Å². The fraction of sp³-hybridized carbons (Fsp3) is 0.611. The fourth-order valence-corrected chi connectivity index (χ4v) is 3.53. The van der Waals surface area contributed by atoms with E-state index in [0.717, 1.165) is 37.2 Å². The van der Waals surface area contributed by atoms with E-state index in [1.807, 2.05) is 23.1 Å². The van der Waals surface area contributed by atoms with E-state index in [9.17, 15) is 4.79 Å². The first-order valence-electron chi connectivity index (χ1n) is 8.46. The number of nitrogens with two attached hydrogens (primary N) is 1. The Morgan fingerprint density at radius 3 is 2.36 bits per heavy atom. The monoisotopic (exact) mass is 303 g/mol. The van der Waals surface area contributed by atoms with Gasteiger partial charge >= 0.3 is 0 Å². The van der Waals surface area contributed by atoms with E-state index < -0.39 is 0 Å². The van der Waals surface area contributed by atoms with Gasteiger partial charge in [-0.05, 0) is 65.2 Å². The van der Waals surface area contributed by atoms with Crippen molar-refractivity contribution in [3.8, 4) is 0 Å². The summed E-state index contributed by atoms with van der Waals surface area (Å²) in [6, 6.07) is 6.29. The SMILES string of the molecule is CCN(CC)c1ccc(N)cc1C(=O)N1C(C)CCCC1C. The van der Waals surface area contributed by atoms with Crippen LogP contribution in [0.4, 0.5) is 11.4 Å². The summed E-state index contributed by atoms with van der Waals surface area (Å²) in [4.78, 5) is 17.4. The number of benzene rings is 1. The topological polar surface area (TPSA) is 49.6 Å². The van der Waals surface area contributed by atoms with E-state index in [4.69, 9.17) is 5.73 Å². The molecule has 1 heterocycles. The molecular formula is C18H29N3O. The van der Waals surface area contributed by atoms with Crippen molar-refractivity contribution >= 4 is 17.3 Å². The molecule has 0 aliphatic carbocycles. The molecule has 4 heteroatoms. The number of piperidine rings is 1. The first kappa shape index (κ1) is 16.7. The van der Waals surface area contributed by atoms with Crippen molar-refractivity contribution in [3.05, 3.63) is 23.8 Å². The molecule has 1 aromatic carbocycles. The summed E-state index contributed by atoms with van der Waals surface area (Å²) in [5, 5.41) is 0. The van der Waals surface area contributed by atoms with Gasteiger partial charge in [0.05, 0.1) is 5.56 Å². The van der Waals surface area contributed by atoms with Crippen LogP contribution >= 0.6 is 0 Å². The zero-order valence-corrected chi connectivity index (χ0v) is 14.3. The number of nitrogens with zero attached hydrogens (tertiary/aromatic N) is 2. The second kappa shape index (κ2) is 7.03. The molecule has 1 aromatic rings. The van der Waals surface area contributed by atoms with Crippen LogP contribution in [0.15, 0.2) is 18.2 Å². The lowest BCUT2D eigenvalue weighted by atomic mass is 9.96. The van der Waals surface area contributed by atoms with Crippen LogP contribution in [0.2, 0.25) is 0 Å². The summed E-state index contributed by atoms with van der Waals surface area (Å²) >= 11 is 0. The van der Waals surface area contributed by atoms with Crippen LogP contribution in [0.3, 0.4) is 0 Å². The van der Waals surface area contributed by atoms with Crippen LogP contribution in [0.25, 0.3) is 0 Å². The Balaban J connectivity index is 2.41. The summed E-state index contributed by atoms with van der Waals surface area (Å²) in [6.07, 6.45) is 3.37. The molecule has 1 saturated heterocycles. The Kier molecular flexibility index (Phi) is 5.33. The van der Waals surface area contributed by atoms with Gasteiger partial charge in [-0.25, -0.2) is 0 Å². The number of likely N-dealkylation sites (tertiary alicyclic amines) is 1. The van der Waals surface area contributed by atoms with Gasteiger partial charge in [-0.3, -0.25) is 4.79 Å². The van der Waals surface area contributed by atoms with E-state index in [-0.39, 0.29) is 5.91 Å². The second-order valence-electron chi connectivity index (χ2n) is 6.29. The van der Waals surface area contributed by atoms with Gasteiger partial charge in [-0.15, -0.1) is 0 Å². The maximum absolute atomic E-state index is 13.2. The van der Waals surface area contributed by atoms with E-state index in [0.29, 0.717) is 17.8 Å². The predicted molar refractivity (Wildman–Crippen MR) is 93.4 cm³/mol. The molecule has 4 nitrogen and oxygen atoms in total. The number of carbonyl (C=O) groups is 1. The summed E-state index contributed by atoms with van der Waals surface area (Å²) in [7, 11) is 0. The average molecular weight is 303 g/mol. The maximum atomic E-state index is 13.2. The number of anilines is 2. The molecule has 1 aliphatic rings. The molecule has 0 radical (unpaired) electrons. The number of hydrogen-bond acceptors (Lipinski definition) is 3. The van der Waals surface area contributed by atoms with Crippen LogP contribution in [0, 0.1) is 0 Å². The molecule has 0 saturated carbocycles. The van der Waals surface area contributed by atoms with Gasteiger partial charge in [0, 0.05) is 36.5 Å². The van der Waals surface area contributed by atoms with Gasteiger partial charge in [0.2, 0.25) is 0 Å². The van der Waals surface area contributed by atoms with Crippen molar-refractivity contribution in [3.63, 3.8) is 0 Å². The zero-order chi connectivity index (χ0) is 16.3. The van der Waals surface area contributed by atoms with Gasteiger partial charge in [-0.1, -0.05) is 0 Å². The van der Waals surface area contributed by atoms with Gasteiger partial charge in [-0.2, -0.15) is 0 Å². The van der Waals surface area contributed by atoms with Crippen molar-refractivity contribution in [1.29, 1.82) is 0 Å². The van der Waals surface area contributed by atoms with Crippen LogP contribution in [-0.2, 0) is 0 Å². The maximum Gasteiger partial charge on any atom is 0.256 e. The Morgan fingerprint density at radius 2 is 1.82 bits per heavy atom. The highest BCUT2D eigenvalue weighted by Gasteiger charge is 2.31. The van der Waals surface area contributed by atoms with Crippen LogP contribution < -0.4 is 10.6 Å². The highest BCUT2D eigenvalue weighted by atomic mass is 16.2. The molecule has 122 valence electrons. The Labute approximate surface area is 134 Å². The molecule has 0 spiro atoms. The molecular weight excluding hydrogens is 274 g/mol. The standard InChI is InChI=1S/C18H29N3O/c1-5-20(6-2)17-11-10-15(19)12-16(17)18(22)21-13(3)8-7-9-14(21)4/h10-14H,5-9,19H2,1-4H3. The largest absolute Gasteiger partial charge is 0.399 e. The summed E-state index contributed by atoms with van der Waals surface area (Å²) in [5.74, 6) is 0.119. The molecule has 1 fully saturated rings. The lowest BCUT2D eigenvalue weighted by molar-refractivity contribution is 0.0511. The third-order valence-electron chi connectivity index (χ3n) is 4.78. The van der Waals surface area contributed by atoms with E-state index in [2.05, 4.69) is 32.6 Å². The lowest BCUT2D eigenvalue weighted by Gasteiger charge is -2.40. The normalized spacial score (nSPS) is 21.7. The number of carbonyl (C=O) groups excluding carboxylic acids is 1. The first-order valence-corrected chi connectivity index (χ1v) is 8.46. The molecule has 22 heavy (non-hydrogen) atoms. The van der Waals surface area contributed by atoms with E-state index in [1.165, 1.54) is 6.42 Å². The van der Waals surface area contributed by atoms with Gasteiger partial charge in [0.25, 0.3) is 5.91 Å². The minimum Gasteiger partial charge on any atom is -0.399 e. The van der Waals surface area contributed by atoms with Crippen molar-refractivity contribution in [2.75, 3.05) is 23.7 Å². The van der Waals surface area contributed by atoms with Crippen molar-refractivity contribution in [1.82, 2.24) is 4.90 Å². The summed E-state index contributed by atoms with van der Waals surface area (Å²) in [5.41, 5.74) is 8.34. The lowest BCUT2D eigenvalue weighted by Crippen LogP contribution is -2.47. The van der Waals surface area contributed by atoms with Gasteiger partial charge in [0.15, 0.2) is 0 Å². The zero-order valence-electron chi connectivity index (χ0n) is 14.3. The first-order chi connectivity index (χ1) is 10.5. The Morgan fingerprint density at radius 1 is 1.23 bits per heavy atom. The number of rotatable bonds is 4. The quantitative estimate of drug-likeness (QED) is 0.866. The number of amides is 1. The highest BCUT2D eigenvalue weighted by Crippen LogP contribution is 2.29. The number of hydrogen-bond donors (Lipinski definition) is 1. The third kappa shape index (κ3) is 3.21. The molecule has 2 unspecified atom stereocenters. The second-order valence-corrected chi connectivity index (χ2v) is 6.29. The minimum absolute atomic E-state index is 0.119. The van der Waals surface area contributed by atoms with Crippen molar-refractivity contribution in [2.45, 2.75) is 59.0 Å². The van der Waals surface area contributed by atoms with Crippen LogP contribution in [0.1, 0.15) is 57.3 Å². The minimum atomic E-state index is 0.119. The molecule has 0 aromatic heterocycles. The van der Waals surface area contributed by atoms with Gasteiger partial charge in [0.1, 0.15) is 0 Å².